The smallest absolute Gasteiger partial charge is 0.325 e. The molecule has 4 amide bonds. The van der Waals surface area contributed by atoms with Crippen LogP contribution in [0.3, 0.4) is 0 Å². The number of aromatic nitrogens is 1. The number of hydrogen-bond donors (Lipinski definition) is 1. The number of methoxy groups -OCH3 is 1. The number of carbonyl (C=O) groups excluding carboxylic acids is 3. The van der Waals surface area contributed by atoms with Gasteiger partial charge in [-0.3, -0.25) is 19.5 Å². The number of ether oxygens (including phenoxy) is 1. The van der Waals surface area contributed by atoms with Gasteiger partial charge in [0.2, 0.25) is 5.91 Å². The molecule has 0 bridgehead atoms. The molecule has 0 radical (unpaired) electrons. The van der Waals surface area contributed by atoms with Crippen molar-refractivity contribution < 1.29 is 19.1 Å². The van der Waals surface area contributed by atoms with Crippen molar-refractivity contribution in [3.8, 4) is 5.75 Å². The number of piperidine rings is 1. The van der Waals surface area contributed by atoms with Gasteiger partial charge in [0.25, 0.3) is 5.91 Å². The summed E-state index contributed by atoms with van der Waals surface area (Å²) in [4.78, 5) is 45.8. The fourth-order valence-electron chi connectivity index (χ4n) is 4.64. The van der Waals surface area contributed by atoms with Crippen molar-refractivity contribution in [2.75, 3.05) is 26.7 Å². The van der Waals surface area contributed by atoms with Gasteiger partial charge in [-0.25, -0.2) is 4.79 Å². The number of likely N-dealkylation sites (tertiary alicyclic amines) is 1. The van der Waals surface area contributed by atoms with E-state index in [4.69, 9.17) is 4.74 Å². The Kier molecular flexibility index (Phi) is 6.95. The Balaban J connectivity index is 1.32. The molecule has 34 heavy (non-hydrogen) atoms. The standard InChI is InChI=1S/C26H30N4O4/c1-26(20-13-16-29(17-14-20)23(31)11-8-21-5-3-4-15-27-21)24(32)30(25(33)28-26)18-12-19-6-9-22(34-2)10-7-19/h3-11,15,20H,12-14,16-18H2,1-2H3,(H,28,33)/b11-8+/t26-/m1/s1. The van der Waals surface area contributed by atoms with Gasteiger partial charge in [-0.05, 0) is 68.0 Å². The Bertz CT molecular complexity index is 1060. The largest absolute Gasteiger partial charge is 0.497 e. The zero-order chi connectivity index (χ0) is 24.1. The lowest BCUT2D eigenvalue weighted by molar-refractivity contribution is -0.134. The second-order valence-corrected chi connectivity index (χ2v) is 8.87. The number of pyridine rings is 1. The van der Waals surface area contributed by atoms with Gasteiger partial charge in [-0.15, -0.1) is 0 Å². The Morgan fingerprint density at radius 3 is 2.56 bits per heavy atom. The SMILES string of the molecule is COc1ccc(CCN2C(=O)N[C@](C)(C3CCN(C(=O)/C=C/c4ccccn4)CC3)C2=O)cc1. The Labute approximate surface area is 199 Å². The second-order valence-electron chi connectivity index (χ2n) is 8.87. The molecule has 4 rings (SSSR count). The van der Waals surface area contributed by atoms with Crippen LogP contribution in [0.2, 0.25) is 0 Å². The van der Waals surface area contributed by atoms with Crippen LogP contribution in [0.1, 0.15) is 31.0 Å². The number of nitrogens with one attached hydrogen (secondary N) is 1. The van der Waals surface area contributed by atoms with E-state index in [2.05, 4.69) is 10.3 Å². The first kappa shape index (κ1) is 23.5. The van der Waals surface area contributed by atoms with E-state index < -0.39 is 5.54 Å². The number of hydrogen-bond acceptors (Lipinski definition) is 5. The summed E-state index contributed by atoms with van der Waals surface area (Å²) in [6.45, 7) is 3.22. The lowest BCUT2D eigenvalue weighted by Crippen LogP contribution is -2.54. The van der Waals surface area contributed by atoms with Gasteiger partial charge in [-0.2, -0.15) is 0 Å². The number of carbonyl (C=O) groups is 3. The summed E-state index contributed by atoms with van der Waals surface area (Å²) in [5.74, 6) is 0.477. The number of amides is 4. The molecular weight excluding hydrogens is 432 g/mol. The molecule has 1 aromatic carbocycles. The molecule has 0 aliphatic carbocycles. The van der Waals surface area contributed by atoms with Gasteiger partial charge in [0.05, 0.1) is 12.8 Å². The quantitative estimate of drug-likeness (QED) is 0.505. The highest BCUT2D eigenvalue weighted by atomic mass is 16.5. The highest BCUT2D eigenvalue weighted by Gasteiger charge is 2.52. The lowest BCUT2D eigenvalue weighted by atomic mass is 9.79. The van der Waals surface area contributed by atoms with Crippen molar-refractivity contribution in [2.45, 2.75) is 31.7 Å². The minimum absolute atomic E-state index is 0.0289. The predicted molar refractivity (Wildman–Crippen MR) is 128 cm³/mol. The van der Waals surface area contributed by atoms with Crippen molar-refractivity contribution in [1.82, 2.24) is 20.1 Å². The molecule has 2 fully saturated rings. The Morgan fingerprint density at radius 1 is 1.18 bits per heavy atom. The van der Waals surface area contributed by atoms with E-state index in [1.54, 1.807) is 24.3 Å². The number of benzene rings is 1. The molecule has 1 aromatic heterocycles. The monoisotopic (exact) mass is 462 g/mol. The zero-order valence-electron chi connectivity index (χ0n) is 19.6. The summed E-state index contributed by atoms with van der Waals surface area (Å²) in [6, 6.07) is 12.8. The summed E-state index contributed by atoms with van der Waals surface area (Å²) in [6.07, 6.45) is 6.80. The summed E-state index contributed by atoms with van der Waals surface area (Å²) in [5, 5.41) is 2.94. The molecule has 8 nitrogen and oxygen atoms in total. The van der Waals surface area contributed by atoms with E-state index >= 15 is 0 Å². The molecule has 2 aromatic rings. The van der Waals surface area contributed by atoms with Crippen LogP contribution in [0, 0.1) is 5.92 Å². The predicted octanol–water partition coefficient (Wildman–Crippen LogP) is 2.90. The van der Waals surface area contributed by atoms with Crippen LogP contribution in [0.15, 0.2) is 54.7 Å². The Morgan fingerprint density at radius 2 is 1.91 bits per heavy atom. The van der Waals surface area contributed by atoms with Crippen LogP contribution in [-0.2, 0) is 16.0 Å². The first-order valence-corrected chi connectivity index (χ1v) is 11.6. The molecule has 3 heterocycles. The molecule has 178 valence electrons. The van der Waals surface area contributed by atoms with E-state index in [0.29, 0.717) is 38.9 Å². The Hall–Kier alpha value is -3.68. The van der Waals surface area contributed by atoms with E-state index in [1.165, 1.54) is 11.0 Å². The maximum atomic E-state index is 13.3. The summed E-state index contributed by atoms with van der Waals surface area (Å²) >= 11 is 0. The molecule has 8 heteroatoms. The molecule has 0 spiro atoms. The molecule has 1 atom stereocenters. The van der Waals surface area contributed by atoms with Gasteiger partial charge >= 0.3 is 6.03 Å². The third kappa shape index (κ3) is 4.95. The average molecular weight is 463 g/mol. The minimum atomic E-state index is -0.948. The minimum Gasteiger partial charge on any atom is -0.497 e. The van der Waals surface area contributed by atoms with Crippen LogP contribution < -0.4 is 10.1 Å². The molecule has 2 aliphatic rings. The number of imide groups is 1. The molecule has 1 N–H and O–H groups in total. The third-order valence-electron chi connectivity index (χ3n) is 6.79. The van der Waals surface area contributed by atoms with Gasteiger partial charge in [0, 0.05) is 31.9 Å². The molecule has 0 saturated carbocycles. The van der Waals surface area contributed by atoms with Gasteiger partial charge in [0.1, 0.15) is 11.3 Å². The number of urea groups is 1. The van der Waals surface area contributed by atoms with E-state index in [-0.39, 0.29) is 23.8 Å². The molecule has 2 aliphatic heterocycles. The van der Waals surface area contributed by atoms with Crippen molar-refractivity contribution in [2.24, 2.45) is 5.92 Å². The number of rotatable bonds is 7. The maximum Gasteiger partial charge on any atom is 0.325 e. The molecule has 2 saturated heterocycles. The van der Waals surface area contributed by atoms with Crippen molar-refractivity contribution in [3.05, 3.63) is 66.0 Å². The van der Waals surface area contributed by atoms with Gasteiger partial charge in [-0.1, -0.05) is 18.2 Å². The number of nitrogens with zero attached hydrogens (tertiary/aromatic N) is 3. The topological polar surface area (TPSA) is 91.8 Å². The first-order valence-electron chi connectivity index (χ1n) is 11.6. The summed E-state index contributed by atoms with van der Waals surface area (Å²) in [7, 11) is 1.61. The fraction of sp³-hybridized carbons (Fsp3) is 0.385. The van der Waals surface area contributed by atoms with E-state index in [0.717, 1.165) is 17.0 Å². The third-order valence-corrected chi connectivity index (χ3v) is 6.79. The second kappa shape index (κ2) is 10.1. The van der Waals surface area contributed by atoms with E-state index in [1.807, 2.05) is 49.4 Å². The maximum absolute atomic E-state index is 13.3. The van der Waals surface area contributed by atoms with Gasteiger partial charge in [0.15, 0.2) is 0 Å². The lowest BCUT2D eigenvalue weighted by Gasteiger charge is -2.38. The van der Waals surface area contributed by atoms with Crippen LogP contribution in [0.5, 0.6) is 5.75 Å². The van der Waals surface area contributed by atoms with Crippen LogP contribution >= 0.6 is 0 Å². The van der Waals surface area contributed by atoms with Crippen molar-refractivity contribution in [1.29, 1.82) is 0 Å². The summed E-state index contributed by atoms with van der Waals surface area (Å²) < 4.78 is 5.17. The first-order chi connectivity index (χ1) is 16.4. The average Bonchev–Trinajstić information content (AvgIpc) is 3.10. The highest BCUT2D eigenvalue weighted by molar-refractivity contribution is 6.07. The van der Waals surface area contributed by atoms with Crippen LogP contribution in [0.25, 0.3) is 6.08 Å². The van der Waals surface area contributed by atoms with Crippen molar-refractivity contribution in [3.63, 3.8) is 0 Å². The van der Waals surface area contributed by atoms with Crippen LogP contribution in [0.4, 0.5) is 4.79 Å². The van der Waals surface area contributed by atoms with Gasteiger partial charge < -0.3 is 15.0 Å². The van der Waals surface area contributed by atoms with E-state index in [9.17, 15) is 14.4 Å². The van der Waals surface area contributed by atoms with Crippen LogP contribution in [-0.4, -0.2) is 64.9 Å². The fourth-order valence-corrected chi connectivity index (χ4v) is 4.64. The van der Waals surface area contributed by atoms with Crippen molar-refractivity contribution >= 4 is 23.9 Å². The highest BCUT2D eigenvalue weighted by Crippen LogP contribution is 2.33. The molecular formula is C26H30N4O4. The summed E-state index contributed by atoms with van der Waals surface area (Å²) in [5.41, 5.74) is 0.809. The molecule has 0 unspecified atom stereocenters. The zero-order valence-corrected chi connectivity index (χ0v) is 19.6. The normalized spacial score (nSPS) is 21.2.